The number of hydrogen-bond acceptors (Lipinski definition) is 2. The highest BCUT2D eigenvalue weighted by atomic mass is 79.9. The molecule has 6 heteroatoms. The van der Waals surface area contributed by atoms with E-state index in [1.165, 1.54) is 12.1 Å². The van der Waals surface area contributed by atoms with E-state index in [2.05, 4.69) is 27.6 Å². The fourth-order valence-electron chi connectivity index (χ4n) is 2.62. The van der Waals surface area contributed by atoms with Crippen LogP contribution in [-0.2, 0) is 10.0 Å². The standard InChI is InChI=1S/C14H19BrFNO2S/c1-2-10-3-5-11(6-4-10)17-20(18,19)12-7-8-13(15)14(16)9-12/h7-11,17H,2-6H2,1H3. The van der Waals surface area contributed by atoms with Gasteiger partial charge < -0.3 is 0 Å². The SMILES string of the molecule is CCC1CCC(NS(=O)(=O)c2ccc(Br)c(F)c2)CC1. The van der Waals surface area contributed by atoms with Crippen molar-refractivity contribution in [2.75, 3.05) is 0 Å². The van der Waals surface area contributed by atoms with E-state index in [1.54, 1.807) is 0 Å². The van der Waals surface area contributed by atoms with Gasteiger partial charge >= 0.3 is 0 Å². The van der Waals surface area contributed by atoms with Crippen molar-refractivity contribution in [2.24, 2.45) is 5.92 Å². The Bertz CT molecular complexity index is 569. The molecule has 112 valence electrons. The second kappa shape index (κ2) is 6.54. The van der Waals surface area contributed by atoms with Crippen molar-refractivity contribution < 1.29 is 12.8 Å². The lowest BCUT2D eigenvalue weighted by molar-refractivity contribution is 0.306. The summed E-state index contributed by atoms with van der Waals surface area (Å²) in [6.07, 6.45) is 4.97. The summed E-state index contributed by atoms with van der Waals surface area (Å²) in [5.74, 6) is 0.142. The van der Waals surface area contributed by atoms with Crippen LogP contribution < -0.4 is 4.72 Å². The Kier molecular flexibility index (Phi) is 5.20. The highest BCUT2D eigenvalue weighted by molar-refractivity contribution is 9.10. The monoisotopic (exact) mass is 363 g/mol. The number of rotatable bonds is 4. The van der Waals surface area contributed by atoms with Crippen molar-refractivity contribution in [1.29, 1.82) is 0 Å². The maximum Gasteiger partial charge on any atom is 0.240 e. The van der Waals surface area contributed by atoms with Crippen LogP contribution in [0.2, 0.25) is 0 Å². The minimum Gasteiger partial charge on any atom is -0.208 e. The van der Waals surface area contributed by atoms with Gasteiger partial charge in [0.25, 0.3) is 0 Å². The van der Waals surface area contributed by atoms with E-state index in [9.17, 15) is 12.8 Å². The average Bonchev–Trinajstić information content (AvgIpc) is 2.42. The molecule has 1 aliphatic carbocycles. The van der Waals surface area contributed by atoms with E-state index in [-0.39, 0.29) is 15.4 Å². The van der Waals surface area contributed by atoms with Crippen LogP contribution in [-0.4, -0.2) is 14.5 Å². The van der Waals surface area contributed by atoms with Crippen LogP contribution in [0.4, 0.5) is 4.39 Å². The molecule has 0 bridgehead atoms. The fraction of sp³-hybridized carbons (Fsp3) is 0.571. The molecule has 0 radical (unpaired) electrons. The van der Waals surface area contributed by atoms with Crippen LogP contribution >= 0.6 is 15.9 Å². The van der Waals surface area contributed by atoms with Crippen molar-refractivity contribution in [2.45, 2.75) is 50.0 Å². The van der Waals surface area contributed by atoms with Crippen LogP contribution in [0.3, 0.4) is 0 Å². The molecule has 0 spiro atoms. The minimum atomic E-state index is -3.63. The Hall–Kier alpha value is -0.460. The molecule has 0 atom stereocenters. The van der Waals surface area contributed by atoms with Gasteiger partial charge in [0.2, 0.25) is 10.0 Å². The lowest BCUT2D eigenvalue weighted by atomic mass is 9.85. The largest absolute Gasteiger partial charge is 0.240 e. The van der Waals surface area contributed by atoms with E-state index in [4.69, 9.17) is 0 Å². The van der Waals surface area contributed by atoms with Gasteiger partial charge in [0.15, 0.2) is 0 Å². The number of sulfonamides is 1. The summed E-state index contributed by atoms with van der Waals surface area (Å²) in [5.41, 5.74) is 0. The molecule has 0 saturated heterocycles. The lowest BCUT2D eigenvalue weighted by Gasteiger charge is -2.28. The highest BCUT2D eigenvalue weighted by Gasteiger charge is 2.25. The molecule has 1 aliphatic rings. The maximum atomic E-state index is 13.4. The molecule has 0 aromatic heterocycles. The number of nitrogens with one attached hydrogen (secondary N) is 1. The second-order valence-electron chi connectivity index (χ2n) is 5.32. The molecule has 1 N–H and O–H groups in total. The number of benzene rings is 1. The van der Waals surface area contributed by atoms with Gasteiger partial charge in [-0.25, -0.2) is 17.5 Å². The van der Waals surface area contributed by atoms with Gasteiger partial charge in [-0.05, 0) is 65.7 Å². The van der Waals surface area contributed by atoms with Gasteiger partial charge in [0, 0.05) is 6.04 Å². The fourth-order valence-corrected chi connectivity index (χ4v) is 4.18. The van der Waals surface area contributed by atoms with Gasteiger partial charge in [-0.2, -0.15) is 0 Å². The van der Waals surface area contributed by atoms with Crippen LogP contribution in [0.1, 0.15) is 39.0 Å². The summed E-state index contributed by atoms with van der Waals surface area (Å²) < 4.78 is 40.8. The third-order valence-corrected chi connectivity index (χ3v) is 6.11. The van der Waals surface area contributed by atoms with E-state index in [0.717, 1.165) is 38.2 Å². The Morgan fingerprint density at radius 1 is 1.30 bits per heavy atom. The van der Waals surface area contributed by atoms with Gasteiger partial charge in [-0.3, -0.25) is 0 Å². The Labute approximate surface area is 128 Å². The van der Waals surface area contributed by atoms with Crippen molar-refractivity contribution in [1.82, 2.24) is 4.72 Å². The molecular weight excluding hydrogens is 345 g/mol. The first-order valence-electron chi connectivity index (χ1n) is 6.89. The smallest absolute Gasteiger partial charge is 0.208 e. The van der Waals surface area contributed by atoms with E-state index in [1.807, 2.05) is 0 Å². The first-order chi connectivity index (χ1) is 9.42. The van der Waals surface area contributed by atoms with Crippen LogP contribution in [0.25, 0.3) is 0 Å². The van der Waals surface area contributed by atoms with E-state index >= 15 is 0 Å². The van der Waals surface area contributed by atoms with Crippen LogP contribution in [0, 0.1) is 11.7 Å². The third-order valence-electron chi connectivity index (χ3n) is 3.95. The van der Waals surface area contributed by atoms with Crippen molar-refractivity contribution in [3.63, 3.8) is 0 Å². The molecule has 3 nitrogen and oxygen atoms in total. The third kappa shape index (κ3) is 3.80. The first kappa shape index (κ1) is 15.9. The molecule has 1 saturated carbocycles. The Morgan fingerprint density at radius 2 is 1.95 bits per heavy atom. The number of halogens is 2. The Morgan fingerprint density at radius 3 is 2.50 bits per heavy atom. The van der Waals surface area contributed by atoms with Gasteiger partial charge in [0.05, 0.1) is 9.37 Å². The lowest BCUT2D eigenvalue weighted by Crippen LogP contribution is -2.37. The molecule has 0 aliphatic heterocycles. The summed E-state index contributed by atoms with van der Waals surface area (Å²) in [6.45, 7) is 2.17. The molecule has 0 unspecified atom stereocenters. The summed E-state index contributed by atoms with van der Waals surface area (Å²) in [6, 6.07) is 3.84. The summed E-state index contributed by atoms with van der Waals surface area (Å²) >= 11 is 3.02. The molecule has 20 heavy (non-hydrogen) atoms. The molecule has 1 aromatic rings. The summed E-state index contributed by atoms with van der Waals surface area (Å²) in [5, 5.41) is 0. The van der Waals surface area contributed by atoms with Gasteiger partial charge in [-0.15, -0.1) is 0 Å². The van der Waals surface area contributed by atoms with Crippen LogP contribution in [0.5, 0.6) is 0 Å². The normalized spacial score (nSPS) is 23.8. The summed E-state index contributed by atoms with van der Waals surface area (Å²) in [4.78, 5) is -0.0178. The summed E-state index contributed by atoms with van der Waals surface area (Å²) in [7, 11) is -3.63. The number of hydrogen-bond donors (Lipinski definition) is 1. The van der Waals surface area contributed by atoms with E-state index in [0.29, 0.717) is 5.92 Å². The van der Waals surface area contributed by atoms with Gasteiger partial charge in [-0.1, -0.05) is 13.3 Å². The van der Waals surface area contributed by atoms with E-state index < -0.39 is 15.8 Å². The molecular formula is C14H19BrFNO2S. The zero-order valence-corrected chi connectivity index (χ0v) is 13.8. The second-order valence-corrected chi connectivity index (χ2v) is 7.89. The predicted molar refractivity (Wildman–Crippen MR) is 80.5 cm³/mol. The zero-order valence-electron chi connectivity index (χ0n) is 11.4. The van der Waals surface area contributed by atoms with Crippen molar-refractivity contribution in [3.05, 3.63) is 28.5 Å². The maximum absolute atomic E-state index is 13.4. The predicted octanol–water partition coefficient (Wildman–Crippen LogP) is 3.84. The topological polar surface area (TPSA) is 46.2 Å². The Balaban J connectivity index is 2.06. The minimum absolute atomic E-state index is 0.0178. The molecule has 0 heterocycles. The van der Waals surface area contributed by atoms with Crippen molar-refractivity contribution in [3.8, 4) is 0 Å². The zero-order chi connectivity index (χ0) is 14.8. The highest BCUT2D eigenvalue weighted by Crippen LogP contribution is 2.27. The first-order valence-corrected chi connectivity index (χ1v) is 9.17. The molecule has 1 aromatic carbocycles. The van der Waals surface area contributed by atoms with Crippen molar-refractivity contribution >= 4 is 26.0 Å². The molecule has 0 amide bonds. The van der Waals surface area contributed by atoms with Crippen LogP contribution in [0.15, 0.2) is 27.6 Å². The molecule has 1 fully saturated rings. The average molecular weight is 364 g/mol. The quantitative estimate of drug-likeness (QED) is 0.883. The molecule has 2 rings (SSSR count). The van der Waals surface area contributed by atoms with Gasteiger partial charge in [0.1, 0.15) is 5.82 Å².